The molecule has 2 aromatic rings. The summed E-state index contributed by atoms with van der Waals surface area (Å²) in [6, 6.07) is 11.3. The molecule has 2 aliphatic carbocycles. The largest absolute Gasteiger partial charge is 0.207 e. The monoisotopic (exact) mass is 394 g/mol. The molecular weight excluding hydrogens is 362 g/mol. The van der Waals surface area contributed by atoms with E-state index in [2.05, 4.69) is 24.8 Å². The summed E-state index contributed by atoms with van der Waals surface area (Å²) >= 11 is 0. The highest BCUT2D eigenvalue weighted by atomic mass is 19.1. The standard InChI is InChI=1S/C27H32F2/c1-3-4-5-19-6-7-24-15-23(13-12-22(24)14-19)20-8-10-21(11-9-20)25-16-26(28)18(2)27(29)17-25/h3,8-11,16-17,19,22-24H,1,4-7,12-15H2,2H3. The maximum Gasteiger partial charge on any atom is 0.129 e. The summed E-state index contributed by atoms with van der Waals surface area (Å²) in [4.78, 5) is 0. The van der Waals surface area contributed by atoms with E-state index in [1.54, 1.807) is 0 Å². The van der Waals surface area contributed by atoms with Crippen LogP contribution in [0.5, 0.6) is 0 Å². The van der Waals surface area contributed by atoms with E-state index in [1.807, 2.05) is 12.1 Å². The molecule has 2 heteroatoms. The minimum atomic E-state index is -0.480. The molecule has 154 valence electrons. The molecule has 29 heavy (non-hydrogen) atoms. The Kier molecular flexibility index (Phi) is 6.18. The van der Waals surface area contributed by atoms with Crippen LogP contribution in [0.15, 0.2) is 49.1 Å². The lowest BCUT2D eigenvalue weighted by Gasteiger charge is -2.42. The molecule has 0 amide bonds. The molecule has 0 bridgehead atoms. The van der Waals surface area contributed by atoms with Crippen LogP contribution < -0.4 is 0 Å². The third-order valence-corrected chi connectivity index (χ3v) is 7.50. The van der Waals surface area contributed by atoms with Crippen LogP contribution in [0.25, 0.3) is 11.1 Å². The summed E-state index contributed by atoms with van der Waals surface area (Å²) in [5, 5.41) is 0. The second kappa shape index (κ2) is 8.81. The molecule has 0 saturated heterocycles. The summed E-state index contributed by atoms with van der Waals surface area (Å²) < 4.78 is 27.8. The van der Waals surface area contributed by atoms with Crippen LogP contribution in [0.3, 0.4) is 0 Å². The van der Waals surface area contributed by atoms with Crippen molar-refractivity contribution in [3.63, 3.8) is 0 Å². The van der Waals surface area contributed by atoms with Gasteiger partial charge < -0.3 is 0 Å². The van der Waals surface area contributed by atoms with Gasteiger partial charge in [0.25, 0.3) is 0 Å². The topological polar surface area (TPSA) is 0 Å². The minimum Gasteiger partial charge on any atom is -0.207 e. The summed E-state index contributed by atoms with van der Waals surface area (Å²) in [5.41, 5.74) is 2.96. The first-order chi connectivity index (χ1) is 14.0. The van der Waals surface area contributed by atoms with E-state index in [1.165, 1.54) is 69.6 Å². The second-order valence-corrected chi connectivity index (χ2v) is 9.26. The molecule has 0 spiro atoms. The molecule has 0 N–H and O–H groups in total. The van der Waals surface area contributed by atoms with Gasteiger partial charge in [-0.25, -0.2) is 8.78 Å². The second-order valence-electron chi connectivity index (χ2n) is 9.26. The number of fused-ring (bicyclic) bond motifs is 1. The average molecular weight is 395 g/mol. The average Bonchev–Trinajstić information content (AvgIpc) is 2.75. The smallest absolute Gasteiger partial charge is 0.129 e. The van der Waals surface area contributed by atoms with Crippen molar-refractivity contribution in [2.45, 2.75) is 64.2 Å². The molecule has 0 aromatic heterocycles. The molecule has 0 radical (unpaired) electrons. The van der Waals surface area contributed by atoms with Gasteiger partial charge in [0.1, 0.15) is 11.6 Å². The van der Waals surface area contributed by atoms with Crippen molar-refractivity contribution in [2.75, 3.05) is 0 Å². The van der Waals surface area contributed by atoms with Gasteiger partial charge >= 0.3 is 0 Å². The van der Waals surface area contributed by atoms with Gasteiger partial charge in [0.05, 0.1) is 0 Å². The molecule has 2 aliphatic rings. The Balaban J connectivity index is 1.41. The normalized spacial score (nSPS) is 26.7. The molecule has 2 saturated carbocycles. The Morgan fingerprint density at radius 3 is 2.24 bits per heavy atom. The van der Waals surface area contributed by atoms with Crippen molar-refractivity contribution in [2.24, 2.45) is 17.8 Å². The summed E-state index contributed by atoms with van der Waals surface area (Å²) in [5.74, 6) is 2.35. The quantitative estimate of drug-likeness (QED) is 0.448. The molecule has 0 heterocycles. The maximum atomic E-state index is 13.9. The van der Waals surface area contributed by atoms with Crippen molar-refractivity contribution < 1.29 is 8.78 Å². The van der Waals surface area contributed by atoms with Crippen molar-refractivity contribution >= 4 is 0 Å². The van der Waals surface area contributed by atoms with Crippen molar-refractivity contribution in [1.29, 1.82) is 0 Å². The minimum absolute atomic E-state index is 0.0846. The van der Waals surface area contributed by atoms with Gasteiger partial charge in [-0.05, 0) is 104 Å². The van der Waals surface area contributed by atoms with Crippen molar-refractivity contribution in [3.8, 4) is 11.1 Å². The first-order valence-corrected chi connectivity index (χ1v) is 11.2. The van der Waals surface area contributed by atoms with Crippen LogP contribution in [0.1, 0.15) is 68.4 Å². The van der Waals surface area contributed by atoms with Crippen LogP contribution in [-0.4, -0.2) is 0 Å². The lowest BCUT2D eigenvalue weighted by molar-refractivity contribution is 0.115. The number of allylic oxidation sites excluding steroid dienone is 1. The Morgan fingerprint density at radius 2 is 1.55 bits per heavy atom. The zero-order valence-electron chi connectivity index (χ0n) is 17.5. The molecule has 2 aromatic carbocycles. The van der Waals surface area contributed by atoms with Gasteiger partial charge in [-0.15, -0.1) is 6.58 Å². The van der Waals surface area contributed by atoms with Gasteiger partial charge in [-0.3, -0.25) is 0 Å². The van der Waals surface area contributed by atoms with E-state index in [0.29, 0.717) is 11.5 Å². The zero-order valence-corrected chi connectivity index (χ0v) is 17.5. The number of hydrogen-bond donors (Lipinski definition) is 0. The number of hydrogen-bond acceptors (Lipinski definition) is 0. The van der Waals surface area contributed by atoms with E-state index in [0.717, 1.165) is 29.7 Å². The van der Waals surface area contributed by atoms with E-state index in [9.17, 15) is 8.78 Å². The number of rotatable bonds is 5. The highest BCUT2D eigenvalue weighted by molar-refractivity contribution is 5.64. The van der Waals surface area contributed by atoms with E-state index in [4.69, 9.17) is 0 Å². The predicted octanol–water partition coefficient (Wildman–Crippen LogP) is 8.21. The first-order valence-electron chi connectivity index (χ1n) is 11.2. The first kappa shape index (κ1) is 20.3. The fourth-order valence-corrected chi connectivity index (χ4v) is 5.66. The third-order valence-electron chi connectivity index (χ3n) is 7.50. The third kappa shape index (κ3) is 4.47. The van der Waals surface area contributed by atoms with E-state index >= 15 is 0 Å². The van der Waals surface area contributed by atoms with Gasteiger partial charge in [0.2, 0.25) is 0 Å². The van der Waals surface area contributed by atoms with Crippen molar-refractivity contribution in [1.82, 2.24) is 0 Å². The van der Waals surface area contributed by atoms with Crippen LogP contribution >= 0.6 is 0 Å². The highest BCUT2D eigenvalue weighted by Crippen LogP contribution is 2.48. The van der Waals surface area contributed by atoms with Crippen molar-refractivity contribution in [3.05, 3.63) is 71.8 Å². The Morgan fingerprint density at radius 1 is 0.897 bits per heavy atom. The number of benzene rings is 2. The lowest BCUT2D eigenvalue weighted by atomic mass is 9.63. The van der Waals surface area contributed by atoms with Crippen LogP contribution in [-0.2, 0) is 0 Å². The Hall–Kier alpha value is -1.96. The van der Waals surface area contributed by atoms with Crippen LogP contribution in [0.4, 0.5) is 8.78 Å². The molecule has 2 fully saturated rings. The SMILES string of the molecule is C=CCCC1CCC2CC(c3ccc(-c4cc(F)c(C)c(F)c4)cc3)CCC2C1. The van der Waals surface area contributed by atoms with Gasteiger partial charge in [0.15, 0.2) is 0 Å². The van der Waals surface area contributed by atoms with Gasteiger partial charge in [-0.1, -0.05) is 36.8 Å². The summed E-state index contributed by atoms with van der Waals surface area (Å²) in [6.07, 6.45) is 12.6. The fraction of sp³-hybridized carbons (Fsp3) is 0.481. The zero-order chi connectivity index (χ0) is 20.4. The van der Waals surface area contributed by atoms with Gasteiger partial charge in [-0.2, -0.15) is 0 Å². The Labute approximate surface area is 174 Å². The number of halogens is 2. The predicted molar refractivity (Wildman–Crippen MR) is 117 cm³/mol. The summed E-state index contributed by atoms with van der Waals surface area (Å²) in [6.45, 7) is 5.34. The molecule has 4 unspecified atom stereocenters. The summed E-state index contributed by atoms with van der Waals surface area (Å²) in [7, 11) is 0. The molecule has 0 aliphatic heterocycles. The molecule has 4 rings (SSSR count). The molecule has 4 atom stereocenters. The van der Waals surface area contributed by atoms with Crippen LogP contribution in [0, 0.1) is 36.3 Å². The fourth-order valence-electron chi connectivity index (χ4n) is 5.66. The van der Waals surface area contributed by atoms with Crippen LogP contribution in [0.2, 0.25) is 0 Å². The van der Waals surface area contributed by atoms with E-state index < -0.39 is 11.6 Å². The highest BCUT2D eigenvalue weighted by Gasteiger charge is 2.35. The van der Waals surface area contributed by atoms with E-state index in [-0.39, 0.29) is 5.56 Å². The lowest BCUT2D eigenvalue weighted by Crippen LogP contribution is -2.30. The Bertz CT molecular complexity index is 828. The van der Waals surface area contributed by atoms with Gasteiger partial charge in [0, 0.05) is 5.56 Å². The molecular formula is C27H32F2. The maximum absolute atomic E-state index is 13.9. The molecule has 0 nitrogen and oxygen atoms in total.